The highest BCUT2D eigenvalue weighted by Gasteiger charge is 2.28. The Hall–Kier alpha value is -2.27. The first-order valence-electron chi connectivity index (χ1n) is 11.5. The van der Waals surface area contributed by atoms with Crippen LogP contribution in [0.3, 0.4) is 0 Å². The molecule has 1 saturated heterocycles. The number of thiophene rings is 1. The monoisotopic (exact) mass is 456 g/mol. The van der Waals surface area contributed by atoms with Gasteiger partial charge in [0.25, 0.3) is 0 Å². The molecule has 2 N–H and O–H groups in total. The van der Waals surface area contributed by atoms with Gasteiger partial charge in [0.2, 0.25) is 5.95 Å². The Morgan fingerprint density at radius 3 is 2.72 bits per heavy atom. The maximum absolute atomic E-state index is 5.69. The summed E-state index contributed by atoms with van der Waals surface area (Å²) in [6.07, 6.45) is 8.83. The molecule has 170 valence electrons. The van der Waals surface area contributed by atoms with Crippen LogP contribution in [-0.4, -0.2) is 65.0 Å². The third-order valence-electron chi connectivity index (χ3n) is 6.75. The Labute approximate surface area is 190 Å². The van der Waals surface area contributed by atoms with E-state index in [4.69, 9.17) is 24.0 Å². The molecule has 3 aromatic heterocycles. The molecule has 0 atom stereocenters. The highest BCUT2D eigenvalue weighted by molar-refractivity contribution is 7.19. The number of rotatable bonds is 5. The number of ether oxygens (including phenoxy) is 2. The van der Waals surface area contributed by atoms with Crippen molar-refractivity contribution in [2.75, 3.05) is 43.5 Å². The largest absolute Gasteiger partial charge is 0.379 e. The molecule has 0 spiro atoms. The van der Waals surface area contributed by atoms with Gasteiger partial charge in [-0.1, -0.05) is 5.16 Å². The van der Waals surface area contributed by atoms with E-state index >= 15 is 0 Å². The summed E-state index contributed by atoms with van der Waals surface area (Å²) in [6, 6.07) is 1.10. The van der Waals surface area contributed by atoms with Crippen molar-refractivity contribution in [3.63, 3.8) is 0 Å². The van der Waals surface area contributed by atoms with Crippen molar-refractivity contribution >= 4 is 39.0 Å². The van der Waals surface area contributed by atoms with Gasteiger partial charge < -0.3 is 24.6 Å². The van der Waals surface area contributed by atoms with Gasteiger partial charge in [0.15, 0.2) is 0 Å². The van der Waals surface area contributed by atoms with Crippen LogP contribution in [0.2, 0.25) is 0 Å². The van der Waals surface area contributed by atoms with Crippen molar-refractivity contribution in [2.45, 2.75) is 50.8 Å². The molecule has 2 aliphatic heterocycles. The first kappa shape index (κ1) is 20.3. The third-order valence-corrected chi connectivity index (χ3v) is 7.85. The van der Waals surface area contributed by atoms with Gasteiger partial charge in [0.05, 0.1) is 38.0 Å². The van der Waals surface area contributed by atoms with Gasteiger partial charge in [0, 0.05) is 30.1 Å². The van der Waals surface area contributed by atoms with Crippen molar-refractivity contribution in [2.24, 2.45) is 0 Å². The Bertz CT molecular complexity index is 1060. The molecule has 0 amide bonds. The summed E-state index contributed by atoms with van der Waals surface area (Å²) in [5.41, 5.74) is 2.09. The quantitative estimate of drug-likeness (QED) is 0.597. The highest BCUT2D eigenvalue weighted by atomic mass is 32.1. The Kier molecular flexibility index (Phi) is 5.68. The SMILES string of the molecule is c1nocc1Nc1nc(NC2CCC(N3CCOCC3)CC2)c2c3c(sc2n1)COCC3. The first-order valence-corrected chi connectivity index (χ1v) is 12.3. The summed E-state index contributed by atoms with van der Waals surface area (Å²) in [4.78, 5) is 14.6. The predicted octanol–water partition coefficient (Wildman–Crippen LogP) is 3.55. The minimum Gasteiger partial charge on any atom is -0.379 e. The number of nitrogens with zero attached hydrogens (tertiary/aromatic N) is 4. The molecule has 3 aliphatic rings. The minimum absolute atomic E-state index is 0.421. The van der Waals surface area contributed by atoms with Crippen molar-refractivity contribution in [3.8, 4) is 0 Å². The number of nitrogens with one attached hydrogen (secondary N) is 2. The molecule has 1 saturated carbocycles. The van der Waals surface area contributed by atoms with E-state index in [0.29, 0.717) is 24.6 Å². The lowest BCUT2D eigenvalue weighted by Crippen LogP contribution is -2.46. The first-order chi connectivity index (χ1) is 15.8. The average Bonchev–Trinajstić information content (AvgIpc) is 3.47. The van der Waals surface area contributed by atoms with E-state index in [1.54, 1.807) is 23.8 Å². The number of anilines is 3. The molecule has 6 rings (SSSR count). The zero-order valence-electron chi connectivity index (χ0n) is 18.0. The molecule has 9 nitrogen and oxygen atoms in total. The fourth-order valence-corrected chi connectivity index (χ4v) is 6.26. The zero-order chi connectivity index (χ0) is 21.3. The summed E-state index contributed by atoms with van der Waals surface area (Å²) >= 11 is 1.71. The van der Waals surface area contributed by atoms with E-state index in [0.717, 1.165) is 68.5 Å². The van der Waals surface area contributed by atoms with E-state index in [-0.39, 0.29) is 0 Å². The highest BCUT2D eigenvalue weighted by Crippen LogP contribution is 2.39. The van der Waals surface area contributed by atoms with Gasteiger partial charge >= 0.3 is 0 Å². The number of hydrogen-bond donors (Lipinski definition) is 2. The minimum atomic E-state index is 0.421. The van der Waals surface area contributed by atoms with E-state index < -0.39 is 0 Å². The van der Waals surface area contributed by atoms with E-state index in [1.807, 2.05) is 0 Å². The standard InChI is InChI=1S/C22H28N6O3S/c1-3-16(28-6-9-29-10-7-28)4-2-14(1)24-20-19-17-5-8-30-13-18(17)32-21(19)27-22(26-20)25-15-11-23-31-12-15/h11-12,14,16H,1-10,13H2,(H2,24,25,26,27). The lowest BCUT2D eigenvalue weighted by Gasteiger charge is -2.39. The molecular weight excluding hydrogens is 428 g/mol. The normalized spacial score (nSPS) is 24.4. The molecule has 32 heavy (non-hydrogen) atoms. The Balaban J connectivity index is 1.24. The Morgan fingerprint density at radius 1 is 1.03 bits per heavy atom. The maximum atomic E-state index is 5.69. The topological polar surface area (TPSA) is 97.6 Å². The molecule has 2 fully saturated rings. The number of morpholine rings is 1. The summed E-state index contributed by atoms with van der Waals surface area (Å²) in [6.45, 7) is 5.28. The van der Waals surface area contributed by atoms with Crippen LogP contribution >= 0.6 is 11.3 Å². The lowest BCUT2D eigenvalue weighted by molar-refractivity contribution is 0.00791. The Morgan fingerprint density at radius 2 is 1.91 bits per heavy atom. The summed E-state index contributed by atoms with van der Waals surface area (Å²) in [7, 11) is 0. The van der Waals surface area contributed by atoms with Crippen molar-refractivity contribution in [1.29, 1.82) is 0 Å². The fourth-order valence-electron chi connectivity index (χ4n) is 5.10. The fraction of sp³-hybridized carbons (Fsp3) is 0.591. The number of aromatic nitrogens is 3. The second kappa shape index (κ2) is 8.93. The van der Waals surface area contributed by atoms with Gasteiger partial charge in [-0.2, -0.15) is 4.98 Å². The molecule has 0 unspecified atom stereocenters. The summed E-state index contributed by atoms with van der Waals surface area (Å²) < 4.78 is 16.2. The lowest BCUT2D eigenvalue weighted by atomic mass is 9.90. The maximum Gasteiger partial charge on any atom is 0.230 e. The third kappa shape index (κ3) is 4.07. The van der Waals surface area contributed by atoms with Crippen molar-refractivity contribution < 1.29 is 14.0 Å². The van der Waals surface area contributed by atoms with Crippen LogP contribution in [0.5, 0.6) is 0 Å². The van der Waals surface area contributed by atoms with Gasteiger partial charge in [-0.25, -0.2) is 4.98 Å². The van der Waals surface area contributed by atoms with Crippen LogP contribution in [0.1, 0.15) is 36.1 Å². The van der Waals surface area contributed by atoms with Gasteiger partial charge in [-0.05, 0) is 37.7 Å². The second-order valence-electron chi connectivity index (χ2n) is 8.72. The zero-order valence-corrected chi connectivity index (χ0v) is 18.8. The van der Waals surface area contributed by atoms with Crippen LogP contribution in [-0.2, 0) is 22.5 Å². The van der Waals surface area contributed by atoms with E-state index in [2.05, 4.69) is 20.7 Å². The van der Waals surface area contributed by atoms with Crippen LogP contribution in [0, 0.1) is 0 Å². The van der Waals surface area contributed by atoms with E-state index in [9.17, 15) is 0 Å². The van der Waals surface area contributed by atoms with Crippen molar-refractivity contribution in [3.05, 3.63) is 22.9 Å². The van der Waals surface area contributed by atoms with Crippen molar-refractivity contribution in [1.82, 2.24) is 20.0 Å². The van der Waals surface area contributed by atoms with Gasteiger partial charge in [-0.3, -0.25) is 4.90 Å². The molecule has 0 aromatic carbocycles. The molecule has 1 aliphatic carbocycles. The number of hydrogen-bond acceptors (Lipinski definition) is 10. The molecular formula is C22H28N6O3S. The summed E-state index contributed by atoms with van der Waals surface area (Å²) in [5.74, 6) is 1.49. The molecule has 3 aromatic rings. The van der Waals surface area contributed by atoms with Crippen LogP contribution in [0.4, 0.5) is 17.5 Å². The smallest absolute Gasteiger partial charge is 0.230 e. The van der Waals surface area contributed by atoms with Crippen LogP contribution in [0.15, 0.2) is 17.0 Å². The average molecular weight is 457 g/mol. The van der Waals surface area contributed by atoms with Gasteiger partial charge in [0.1, 0.15) is 22.6 Å². The van der Waals surface area contributed by atoms with Crippen LogP contribution < -0.4 is 10.6 Å². The summed E-state index contributed by atoms with van der Waals surface area (Å²) in [5, 5.41) is 11.9. The molecule has 0 bridgehead atoms. The van der Waals surface area contributed by atoms with Gasteiger partial charge in [-0.15, -0.1) is 11.3 Å². The second-order valence-corrected chi connectivity index (χ2v) is 9.80. The van der Waals surface area contributed by atoms with Crippen LogP contribution in [0.25, 0.3) is 10.2 Å². The number of fused-ring (bicyclic) bond motifs is 3. The molecule has 5 heterocycles. The predicted molar refractivity (Wildman–Crippen MR) is 123 cm³/mol. The molecule has 0 radical (unpaired) electrons. The van der Waals surface area contributed by atoms with E-state index in [1.165, 1.54) is 28.7 Å². The molecule has 10 heteroatoms.